The van der Waals surface area contributed by atoms with Gasteiger partial charge in [0.25, 0.3) is 5.91 Å². The van der Waals surface area contributed by atoms with E-state index in [1.165, 1.54) is 37.8 Å². The second kappa shape index (κ2) is 8.45. The van der Waals surface area contributed by atoms with Crippen LogP contribution in [0.3, 0.4) is 0 Å². The van der Waals surface area contributed by atoms with E-state index in [0.717, 1.165) is 6.07 Å². The fraction of sp³-hybridized carbons (Fsp3) is 0.368. The SMILES string of the molecule is COCC1CN(c2ccc(C#N)c(C(F)(F)F)c2)CCN1C(=O)c1ccncn1. The minimum atomic E-state index is -4.63. The number of nitrogens with zero attached hydrogens (tertiary/aromatic N) is 5. The van der Waals surface area contributed by atoms with Crippen LogP contribution in [0.5, 0.6) is 0 Å². The zero-order valence-electron chi connectivity index (χ0n) is 15.6. The van der Waals surface area contributed by atoms with E-state index in [9.17, 15) is 18.0 Å². The molecular weight excluding hydrogens is 387 g/mol. The summed E-state index contributed by atoms with van der Waals surface area (Å²) in [4.78, 5) is 23.9. The maximum atomic E-state index is 13.3. The molecule has 1 unspecified atom stereocenters. The molecule has 0 radical (unpaired) electrons. The number of amides is 1. The second-order valence-electron chi connectivity index (χ2n) is 6.49. The zero-order valence-corrected chi connectivity index (χ0v) is 15.6. The van der Waals surface area contributed by atoms with Crippen LogP contribution in [0.2, 0.25) is 0 Å². The highest BCUT2D eigenvalue weighted by atomic mass is 19.4. The van der Waals surface area contributed by atoms with Crippen molar-refractivity contribution in [3.8, 4) is 6.07 Å². The summed E-state index contributed by atoms with van der Waals surface area (Å²) >= 11 is 0. The molecule has 1 aliphatic heterocycles. The molecule has 1 aliphatic rings. The Morgan fingerprint density at radius 2 is 2.14 bits per heavy atom. The molecule has 0 aliphatic carbocycles. The van der Waals surface area contributed by atoms with Gasteiger partial charge >= 0.3 is 6.18 Å². The fourth-order valence-electron chi connectivity index (χ4n) is 3.32. The van der Waals surface area contributed by atoms with Crippen molar-refractivity contribution in [2.45, 2.75) is 12.2 Å². The Kier molecular flexibility index (Phi) is 5.98. The maximum absolute atomic E-state index is 13.3. The molecule has 1 atom stereocenters. The fourth-order valence-corrected chi connectivity index (χ4v) is 3.32. The van der Waals surface area contributed by atoms with Crippen LogP contribution in [-0.2, 0) is 10.9 Å². The number of alkyl halides is 3. The van der Waals surface area contributed by atoms with Crippen LogP contribution < -0.4 is 4.90 Å². The van der Waals surface area contributed by atoms with Gasteiger partial charge in [-0.05, 0) is 24.3 Å². The standard InChI is InChI=1S/C19H18F3N5O2/c1-29-11-15-10-26(6-7-27(15)18(28)17-4-5-24-12-25-17)14-3-2-13(9-23)16(8-14)19(20,21)22/h2-5,8,12,15H,6-7,10-11H2,1H3. The lowest BCUT2D eigenvalue weighted by atomic mass is 10.0. The van der Waals surface area contributed by atoms with Crippen LogP contribution in [0, 0.1) is 11.3 Å². The van der Waals surface area contributed by atoms with Crippen LogP contribution in [0.1, 0.15) is 21.6 Å². The predicted octanol–water partition coefficient (Wildman–Crippen LogP) is 2.34. The van der Waals surface area contributed by atoms with Crippen LogP contribution >= 0.6 is 0 Å². The summed E-state index contributed by atoms with van der Waals surface area (Å²) < 4.78 is 45.1. The van der Waals surface area contributed by atoms with Gasteiger partial charge in [-0.3, -0.25) is 4.79 Å². The summed E-state index contributed by atoms with van der Waals surface area (Å²) in [6.45, 7) is 1.13. The molecule has 1 fully saturated rings. The Hall–Kier alpha value is -3.19. The highest BCUT2D eigenvalue weighted by Crippen LogP contribution is 2.35. The molecule has 2 heterocycles. The van der Waals surface area contributed by atoms with Crippen molar-refractivity contribution in [2.24, 2.45) is 0 Å². The maximum Gasteiger partial charge on any atom is 0.417 e. The normalized spacial score (nSPS) is 17.1. The lowest BCUT2D eigenvalue weighted by molar-refractivity contribution is -0.137. The second-order valence-corrected chi connectivity index (χ2v) is 6.49. The molecule has 1 saturated heterocycles. The Labute approximate surface area is 165 Å². The van der Waals surface area contributed by atoms with Crippen molar-refractivity contribution in [1.82, 2.24) is 14.9 Å². The molecule has 0 spiro atoms. The molecular formula is C19H18F3N5O2. The van der Waals surface area contributed by atoms with Crippen LogP contribution in [0.25, 0.3) is 0 Å². The van der Waals surface area contributed by atoms with Crippen molar-refractivity contribution in [3.63, 3.8) is 0 Å². The first-order valence-electron chi connectivity index (χ1n) is 8.77. The smallest absolute Gasteiger partial charge is 0.382 e. The average Bonchev–Trinajstić information content (AvgIpc) is 2.73. The number of nitriles is 1. The summed E-state index contributed by atoms with van der Waals surface area (Å²) in [5, 5.41) is 8.96. The van der Waals surface area contributed by atoms with Crippen LogP contribution in [0.15, 0.2) is 36.8 Å². The first-order chi connectivity index (χ1) is 13.8. The Balaban J connectivity index is 1.84. The number of methoxy groups -OCH3 is 1. The monoisotopic (exact) mass is 405 g/mol. The topological polar surface area (TPSA) is 82.4 Å². The van der Waals surface area contributed by atoms with Gasteiger partial charge in [-0.1, -0.05) is 0 Å². The van der Waals surface area contributed by atoms with E-state index in [4.69, 9.17) is 10.00 Å². The van der Waals surface area contributed by atoms with Gasteiger partial charge in [-0.2, -0.15) is 18.4 Å². The Morgan fingerprint density at radius 1 is 1.34 bits per heavy atom. The highest BCUT2D eigenvalue weighted by molar-refractivity contribution is 5.92. The number of anilines is 1. The zero-order chi connectivity index (χ0) is 21.0. The number of hydrogen-bond acceptors (Lipinski definition) is 6. The first kappa shape index (κ1) is 20.5. The third-order valence-electron chi connectivity index (χ3n) is 4.70. The van der Waals surface area contributed by atoms with Gasteiger partial charge in [0, 0.05) is 38.6 Å². The van der Waals surface area contributed by atoms with E-state index in [-0.39, 0.29) is 37.3 Å². The predicted molar refractivity (Wildman–Crippen MR) is 97.1 cm³/mol. The van der Waals surface area contributed by atoms with E-state index in [1.807, 2.05) is 0 Å². The third-order valence-corrected chi connectivity index (χ3v) is 4.70. The van der Waals surface area contributed by atoms with E-state index in [1.54, 1.807) is 15.9 Å². The molecule has 2 aromatic rings. The van der Waals surface area contributed by atoms with Gasteiger partial charge in [0.15, 0.2) is 0 Å². The summed E-state index contributed by atoms with van der Waals surface area (Å²) in [5.74, 6) is -0.287. The molecule has 10 heteroatoms. The number of aromatic nitrogens is 2. The number of ether oxygens (including phenoxy) is 1. The van der Waals surface area contributed by atoms with Gasteiger partial charge in [0.1, 0.15) is 12.0 Å². The number of halogens is 3. The first-order valence-corrected chi connectivity index (χ1v) is 8.77. The average molecular weight is 405 g/mol. The number of benzene rings is 1. The molecule has 1 amide bonds. The van der Waals surface area contributed by atoms with Crippen LogP contribution in [0.4, 0.5) is 18.9 Å². The van der Waals surface area contributed by atoms with Crippen molar-refractivity contribution >= 4 is 11.6 Å². The van der Waals surface area contributed by atoms with E-state index in [0.29, 0.717) is 12.2 Å². The van der Waals surface area contributed by atoms with Gasteiger partial charge in [-0.25, -0.2) is 9.97 Å². The Bertz CT molecular complexity index is 914. The van der Waals surface area contributed by atoms with Gasteiger partial charge in [0.05, 0.1) is 29.8 Å². The number of carbonyl (C=O) groups excluding carboxylic acids is 1. The molecule has 29 heavy (non-hydrogen) atoms. The summed E-state index contributed by atoms with van der Waals surface area (Å²) in [6, 6.07) is 6.34. The van der Waals surface area contributed by atoms with E-state index < -0.39 is 17.3 Å². The quantitative estimate of drug-likeness (QED) is 0.777. The van der Waals surface area contributed by atoms with Crippen molar-refractivity contribution in [1.29, 1.82) is 5.26 Å². The Morgan fingerprint density at radius 3 is 2.76 bits per heavy atom. The van der Waals surface area contributed by atoms with Gasteiger partial charge in [-0.15, -0.1) is 0 Å². The molecule has 7 nitrogen and oxygen atoms in total. The number of rotatable bonds is 4. The minimum Gasteiger partial charge on any atom is -0.382 e. The number of carbonyl (C=O) groups is 1. The molecule has 0 N–H and O–H groups in total. The largest absolute Gasteiger partial charge is 0.417 e. The molecule has 1 aromatic heterocycles. The summed E-state index contributed by atoms with van der Waals surface area (Å²) in [7, 11) is 1.50. The lowest BCUT2D eigenvalue weighted by Crippen LogP contribution is -2.57. The summed E-state index contributed by atoms with van der Waals surface area (Å²) in [5.41, 5.74) is -0.814. The van der Waals surface area contributed by atoms with Crippen molar-refractivity contribution in [3.05, 3.63) is 53.6 Å². The number of hydrogen-bond donors (Lipinski definition) is 0. The van der Waals surface area contributed by atoms with Crippen LogP contribution in [-0.4, -0.2) is 60.2 Å². The van der Waals surface area contributed by atoms with Gasteiger partial charge < -0.3 is 14.5 Å². The van der Waals surface area contributed by atoms with Crippen molar-refractivity contribution in [2.75, 3.05) is 38.3 Å². The molecule has 152 valence electrons. The highest BCUT2D eigenvalue weighted by Gasteiger charge is 2.36. The molecule has 3 rings (SSSR count). The lowest BCUT2D eigenvalue weighted by Gasteiger charge is -2.42. The minimum absolute atomic E-state index is 0.218. The van der Waals surface area contributed by atoms with Gasteiger partial charge in [0.2, 0.25) is 0 Å². The van der Waals surface area contributed by atoms with E-state index in [2.05, 4.69) is 9.97 Å². The van der Waals surface area contributed by atoms with E-state index >= 15 is 0 Å². The molecule has 0 bridgehead atoms. The summed E-state index contributed by atoms with van der Waals surface area (Å²) in [6.07, 6.45) is -1.88. The number of piperazine rings is 1. The molecule has 0 saturated carbocycles. The molecule has 1 aromatic carbocycles. The van der Waals surface area contributed by atoms with Crippen molar-refractivity contribution < 1.29 is 22.7 Å². The third kappa shape index (κ3) is 4.46.